The number of carboxylic acid groups (broad SMARTS) is 1. The Morgan fingerprint density at radius 2 is 1.76 bits per heavy atom. The van der Waals surface area contributed by atoms with Crippen molar-refractivity contribution in [2.24, 2.45) is 0 Å². The maximum Gasteiger partial charge on any atom is 0.303 e. The predicted octanol–water partition coefficient (Wildman–Crippen LogP) is 3.45. The zero-order valence-electron chi connectivity index (χ0n) is 19.3. The highest BCUT2D eigenvalue weighted by Gasteiger charge is 2.44. The third-order valence-electron chi connectivity index (χ3n) is 6.27. The Hall–Kier alpha value is -2.84. The highest BCUT2D eigenvalue weighted by atomic mass is 19.1. The fourth-order valence-electron chi connectivity index (χ4n) is 4.17. The summed E-state index contributed by atoms with van der Waals surface area (Å²) in [5, 5.41) is 25.9. The maximum atomic E-state index is 13.7. The average molecular weight is 475 g/mol. The van der Waals surface area contributed by atoms with Gasteiger partial charge < -0.3 is 20.8 Å². The van der Waals surface area contributed by atoms with Gasteiger partial charge in [-0.15, -0.1) is 0 Å². The van der Waals surface area contributed by atoms with Crippen LogP contribution in [0.1, 0.15) is 55.7 Å². The summed E-state index contributed by atoms with van der Waals surface area (Å²) in [6, 6.07) is 10.6. The van der Waals surface area contributed by atoms with Crippen molar-refractivity contribution in [1.29, 1.82) is 0 Å². The molecule has 0 heterocycles. The van der Waals surface area contributed by atoms with E-state index in [-0.39, 0.29) is 37.8 Å². The van der Waals surface area contributed by atoms with Crippen LogP contribution in [0.25, 0.3) is 0 Å². The van der Waals surface area contributed by atoms with Crippen LogP contribution >= 0.6 is 0 Å². The molecule has 0 bridgehead atoms. The first kappa shape index (κ1) is 25.8. The molecule has 0 spiro atoms. The minimum atomic E-state index is -1.03. The topological polar surface area (TPSA) is 98.7 Å². The third kappa shape index (κ3) is 7.33. The quantitative estimate of drug-likeness (QED) is 0.357. The summed E-state index contributed by atoms with van der Waals surface area (Å²) >= 11 is 0. The number of aryl methyl sites for hydroxylation is 1. The number of nitrogens with one attached hydrogen (secondary N) is 2. The van der Waals surface area contributed by atoms with Crippen molar-refractivity contribution < 1.29 is 28.6 Å². The van der Waals surface area contributed by atoms with E-state index in [1.54, 1.807) is 0 Å². The number of aliphatic hydroxyl groups is 1. The van der Waals surface area contributed by atoms with Gasteiger partial charge in [0.2, 0.25) is 5.91 Å². The molecule has 184 valence electrons. The standard InChI is InChI=1S/C26H32F2N2O4/c1-2-17-5-3-6-19(11-17)26(9-10-26)29-16-23(31)22(30-24(32)7-4-8-25(33)34)14-18-12-20(27)15-21(28)13-18/h3,5-6,11-13,15,22-23,29,31H,2,4,7-10,14,16H2,1H3,(H,30,32)(H,33,34)/t22-,23-/m0/s1. The highest BCUT2D eigenvalue weighted by molar-refractivity contribution is 5.77. The van der Waals surface area contributed by atoms with Crippen LogP contribution in [0.5, 0.6) is 0 Å². The zero-order chi connectivity index (χ0) is 24.7. The SMILES string of the molecule is CCc1cccc(C2(NC[C@H](O)[C@H](Cc3cc(F)cc(F)c3)NC(=O)CCCC(=O)O)CC2)c1. The lowest BCUT2D eigenvalue weighted by atomic mass is 9.98. The molecule has 2 aromatic rings. The number of carbonyl (C=O) groups excluding carboxylic acids is 1. The summed E-state index contributed by atoms with van der Waals surface area (Å²) in [4.78, 5) is 23.1. The Bertz CT molecular complexity index is 990. The molecule has 8 heteroatoms. The van der Waals surface area contributed by atoms with Gasteiger partial charge in [0.25, 0.3) is 0 Å². The molecule has 1 fully saturated rings. The largest absolute Gasteiger partial charge is 0.481 e. The van der Waals surface area contributed by atoms with Gasteiger partial charge in [-0.05, 0) is 60.9 Å². The van der Waals surface area contributed by atoms with Gasteiger partial charge >= 0.3 is 5.97 Å². The summed E-state index contributed by atoms with van der Waals surface area (Å²) in [6.07, 6.45) is 1.77. The number of aliphatic hydroxyl groups excluding tert-OH is 1. The molecule has 1 saturated carbocycles. The number of amides is 1. The van der Waals surface area contributed by atoms with Crippen LogP contribution in [0, 0.1) is 11.6 Å². The predicted molar refractivity (Wildman–Crippen MR) is 124 cm³/mol. The van der Waals surface area contributed by atoms with E-state index >= 15 is 0 Å². The first-order valence-electron chi connectivity index (χ1n) is 11.7. The molecule has 2 aromatic carbocycles. The van der Waals surface area contributed by atoms with Gasteiger partial charge in [0, 0.05) is 31.0 Å². The van der Waals surface area contributed by atoms with Gasteiger partial charge in [0.1, 0.15) is 11.6 Å². The van der Waals surface area contributed by atoms with Crippen molar-refractivity contribution in [2.45, 2.75) is 69.6 Å². The van der Waals surface area contributed by atoms with E-state index < -0.39 is 35.7 Å². The van der Waals surface area contributed by atoms with Crippen molar-refractivity contribution >= 4 is 11.9 Å². The lowest BCUT2D eigenvalue weighted by molar-refractivity contribution is -0.137. The van der Waals surface area contributed by atoms with Crippen LogP contribution in [0.3, 0.4) is 0 Å². The molecule has 0 unspecified atom stereocenters. The van der Waals surface area contributed by atoms with Crippen molar-refractivity contribution in [2.75, 3.05) is 6.54 Å². The van der Waals surface area contributed by atoms with Gasteiger partial charge in [-0.3, -0.25) is 9.59 Å². The molecule has 6 nitrogen and oxygen atoms in total. The smallest absolute Gasteiger partial charge is 0.303 e. The van der Waals surface area contributed by atoms with Gasteiger partial charge in [-0.1, -0.05) is 31.2 Å². The van der Waals surface area contributed by atoms with E-state index in [9.17, 15) is 23.5 Å². The Morgan fingerprint density at radius 1 is 1.06 bits per heavy atom. The fourth-order valence-corrected chi connectivity index (χ4v) is 4.17. The van der Waals surface area contributed by atoms with E-state index in [1.165, 1.54) is 17.7 Å². The third-order valence-corrected chi connectivity index (χ3v) is 6.27. The molecular weight excluding hydrogens is 442 g/mol. The van der Waals surface area contributed by atoms with Crippen molar-refractivity contribution in [3.8, 4) is 0 Å². The summed E-state index contributed by atoms with van der Waals surface area (Å²) in [5.74, 6) is -2.88. The van der Waals surface area contributed by atoms with Crippen LogP contribution in [-0.2, 0) is 28.0 Å². The number of rotatable bonds is 13. The molecule has 0 aliphatic heterocycles. The molecule has 1 aliphatic carbocycles. The summed E-state index contributed by atoms with van der Waals surface area (Å²) in [6.45, 7) is 2.27. The van der Waals surface area contributed by atoms with Crippen LogP contribution in [0.2, 0.25) is 0 Å². The fraction of sp³-hybridized carbons (Fsp3) is 0.462. The Balaban J connectivity index is 1.68. The zero-order valence-corrected chi connectivity index (χ0v) is 19.3. The molecule has 0 aromatic heterocycles. The molecule has 3 rings (SSSR count). The van der Waals surface area contributed by atoms with E-state index in [0.29, 0.717) is 5.56 Å². The van der Waals surface area contributed by atoms with E-state index in [4.69, 9.17) is 5.11 Å². The second kappa shape index (κ2) is 11.5. The monoisotopic (exact) mass is 474 g/mol. The average Bonchev–Trinajstić information content (AvgIpc) is 3.57. The molecule has 0 saturated heterocycles. The van der Waals surface area contributed by atoms with Crippen molar-refractivity contribution in [3.05, 3.63) is 70.8 Å². The molecule has 0 radical (unpaired) electrons. The number of carbonyl (C=O) groups is 2. The molecule has 34 heavy (non-hydrogen) atoms. The van der Waals surface area contributed by atoms with Crippen molar-refractivity contribution in [1.82, 2.24) is 10.6 Å². The number of carboxylic acids is 1. The summed E-state index contributed by atoms with van der Waals surface area (Å²) < 4.78 is 27.4. The molecule has 1 aliphatic rings. The maximum absolute atomic E-state index is 13.7. The van der Waals surface area contributed by atoms with Gasteiger partial charge in [0.15, 0.2) is 0 Å². The number of benzene rings is 2. The van der Waals surface area contributed by atoms with Gasteiger partial charge in [-0.25, -0.2) is 8.78 Å². The highest BCUT2D eigenvalue weighted by Crippen LogP contribution is 2.45. The summed E-state index contributed by atoms with van der Waals surface area (Å²) in [7, 11) is 0. The molecule has 2 atom stereocenters. The van der Waals surface area contributed by atoms with E-state index in [0.717, 1.165) is 30.9 Å². The van der Waals surface area contributed by atoms with E-state index in [1.807, 2.05) is 6.07 Å². The molecule has 4 N–H and O–H groups in total. The first-order chi connectivity index (χ1) is 16.2. The second-order valence-electron chi connectivity index (χ2n) is 8.99. The number of hydrogen-bond acceptors (Lipinski definition) is 4. The van der Waals surface area contributed by atoms with Crippen LogP contribution < -0.4 is 10.6 Å². The Labute approximate surface area is 198 Å². The van der Waals surface area contributed by atoms with Crippen LogP contribution in [0.15, 0.2) is 42.5 Å². The minimum absolute atomic E-state index is 0.0196. The first-order valence-corrected chi connectivity index (χ1v) is 11.7. The normalized spacial score (nSPS) is 16.0. The molecule has 1 amide bonds. The van der Waals surface area contributed by atoms with Gasteiger partial charge in [-0.2, -0.15) is 0 Å². The number of halogens is 2. The van der Waals surface area contributed by atoms with E-state index in [2.05, 4.69) is 35.8 Å². The van der Waals surface area contributed by atoms with Gasteiger partial charge in [0.05, 0.1) is 12.1 Å². The van der Waals surface area contributed by atoms with Crippen LogP contribution in [0.4, 0.5) is 8.78 Å². The number of aliphatic carboxylic acids is 1. The molecular formula is C26H32F2N2O4. The Kier molecular flexibility index (Phi) is 8.74. The lowest BCUT2D eigenvalue weighted by Gasteiger charge is -2.27. The Morgan fingerprint density at radius 3 is 2.38 bits per heavy atom. The van der Waals surface area contributed by atoms with Crippen molar-refractivity contribution in [3.63, 3.8) is 0 Å². The lowest BCUT2D eigenvalue weighted by Crippen LogP contribution is -2.50. The second-order valence-corrected chi connectivity index (χ2v) is 8.99. The minimum Gasteiger partial charge on any atom is -0.481 e. The van der Waals surface area contributed by atoms with Crippen LogP contribution in [-0.4, -0.2) is 40.8 Å². The number of hydrogen-bond donors (Lipinski definition) is 4. The summed E-state index contributed by atoms with van der Waals surface area (Å²) in [5.41, 5.74) is 2.46.